The lowest BCUT2D eigenvalue weighted by Gasteiger charge is -2.24. The number of hydrogen-bond acceptors (Lipinski definition) is 3. The van der Waals surface area contributed by atoms with Crippen LogP contribution in [0.4, 0.5) is 0 Å². The maximum absolute atomic E-state index is 4.19. The second kappa shape index (κ2) is 4.77. The Balaban J connectivity index is 1.71. The summed E-state index contributed by atoms with van der Waals surface area (Å²) in [5, 5.41) is 3.46. The molecule has 1 aromatic heterocycles. The first-order valence-electron chi connectivity index (χ1n) is 5.63. The van der Waals surface area contributed by atoms with Crippen LogP contribution in [0.25, 0.3) is 0 Å². The molecule has 2 N–H and O–H groups in total. The summed E-state index contributed by atoms with van der Waals surface area (Å²) in [4.78, 5) is 9.61. The molecule has 0 radical (unpaired) electrons. The molecule has 1 atom stereocenters. The fraction of sp³-hybridized carbons (Fsp3) is 0.727. The smallest absolute Gasteiger partial charge is 0.120 e. The SMILES string of the molecule is CN(C)C(CNCc1ncc[nH]1)C1CC1. The first kappa shape index (κ1) is 10.6. The van der Waals surface area contributed by atoms with Gasteiger partial charge in [0.25, 0.3) is 0 Å². The molecule has 0 bridgehead atoms. The van der Waals surface area contributed by atoms with Gasteiger partial charge < -0.3 is 15.2 Å². The fourth-order valence-electron chi connectivity index (χ4n) is 1.98. The number of rotatable bonds is 6. The standard InChI is InChI=1S/C11H20N4/c1-15(2)10(9-3-4-9)7-12-8-11-13-5-6-14-11/h5-6,9-10,12H,3-4,7-8H2,1-2H3,(H,13,14). The lowest BCUT2D eigenvalue weighted by Crippen LogP contribution is -2.39. The molecule has 1 aromatic rings. The molecule has 1 fully saturated rings. The van der Waals surface area contributed by atoms with Crippen molar-refractivity contribution in [3.8, 4) is 0 Å². The van der Waals surface area contributed by atoms with Gasteiger partial charge in [0.15, 0.2) is 0 Å². The van der Waals surface area contributed by atoms with Crippen molar-refractivity contribution in [3.63, 3.8) is 0 Å². The number of H-pyrrole nitrogens is 1. The highest BCUT2D eigenvalue weighted by molar-refractivity contribution is 4.90. The van der Waals surface area contributed by atoms with Crippen LogP contribution in [-0.4, -0.2) is 41.5 Å². The monoisotopic (exact) mass is 208 g/mol. The molecule has 1 saturated carbocycles. The molecule has 0 spiro atoms. The minimum Gasteiger partial charge on any atom is -0.348 e. The maximum Gasteiger partial charge on any atom is 0.120 e. The van der Waals surface area contributed by atoms with Gasteiger partial charge in [0.05, 0.1) is 6.54 Å². The van der Waals surface area contributed by atoms with E-state index in [1.807, 2.05) is 6.20 Å². The minimum absolute atomic E-state index is 0.681. The van der Waals surface area contributed by atoms with Crippen LogP contribution in [0.2, 0.25) is 0 Å². The lowest BCUT2D eigenvalue weighted by atomic mass is 10.1. The number of aromatic amines is 1. The first-order chi connectivity index (χ1) is 7.27. The largest absolute Gasteiger partial charge is 0.348 e. The zero-order valence-corrected chi connectivity index (χ0v) is 9.53. The van der Waals surface area contributed by atoms with Crippen LogP contribution in [0.1, 0.15) is 18.7 Å². The molecule has 15 heavy (non-hydrogen) atoms. The summed E-state index contributed by atoms with van der Waals surface area (Å²) in [5.74, 6) is 1.92. The number of likely N-dealkylation sites (N-methyl/N-ethyl adjacent to an activating group) is 1. The molecule has 84 valence electrons. The van der Waals surface area contributed by atoms with Gasteiger partial charge in [0, 0.05) is 25.0 Å². The third-order valence-corrected chi connectivity index (χ3v) is 3.03. The molecule has 1 heterocycles. The predicted octanol–water partition coefficient (Wildman–Crippen LogP) is 0.839. The summed E-state index contributed by atoms with van der Waals surface area (Å²) < 4.78 is 0. The predicted molar refractivity (Wildman–Crippen MR) is 60.5 cm³/mol. The molecule has 4 nitrogen and oxygen atoms in total. The number of aromatic nitrogens is 2. The second-order valence-electron chi connectivity index (χ2n) is 4.54. The van der Waals surface area contributed by atoms with E-state index in [-0.39, 0.29) is 0 Å². The van der Waals surface area contributed by atoms with Crippen molar-refractivity contribution in [2.75, 3.05) is 20.6 Å². The van der Waals surface area contributed by atoms with Crippen molar-refractivity contribution in [1.82, 2.24) is 20.2 Å². The van der Waals surface area contributed by atoms with Crippen molar-refractivity contribution in [2.45, 2.75) is 25.4 Å². The van der Waals surface area contributed by atoms with Crippen molar-refractivity contribution >= 4 is 0 Å². The van der Waals surface area contributed by atoms with E-state index in [0.717, 1.165) is 24.8 Å². The fourth-order valence-corrected chi connectivity index (χ4v) is 1.98. The molecule has 1 aliphatic rings. The van der Waals surface area contributed by atoms with E-state index >= 15 is 0 Å². The highest BCUT2D eigenvalue weighted by atomic mass is 15.1. The van der Waals surface area contributed by atoms with Crippen LogP contribution in [-0.2, 0) is 6.54 Å². The molecule has 1 aliphatic carbocycles. The Morgan fingerprint density at radius 2 is 2.40 bits per heavy atom. The van der Waals surface area contributed by atoms with Gasteiger partial charge in [0.2, 0.25) is 0 Å². The van der Waals surface area contributed by atoms with E-state index in [1.165, 1.54) is 12.8 Å². The molecule has 2 rings (SSSR count). The van der Waals surface area contributed by atoms with E-state index in [9.17, 15) is 0 Å². The summed E-state index contributed by atoms with van der Waals surface area (Å²) in [6.07, 6.45) is 6.44. The third-order valence-electron chi connectivity index (χ3n) is 3.03. The summed E-state index contributed by atoms with van der Waals surface area (Å²) >= 11 is 0. The normalized spacial score (nSPS) is 18.3. The van der Waals surface area contributed by atoms with E-state index in [1.54, 1.807) is 6.20 Å². The van der Waals surface area contributed by atoms with E-state index < -0.39 is 0 Å². The summed E-state index contributed by atoms with van der Waals surface area (Å²) in [6, 6.07) is 0.681. The van der Waals surface area contributed by atoms with Gasteiger partial charge >= 0.3 is 0 Å². The molecule has 4 heteroatoms. The van der Waals surface area contributed by atoms with Gasteiger partial charge in [-0.3, -0.25) is 0 Å². The van der Waals surface area contributed by atoms with Gasteiger partial charge in [-0.15, -0.1) is 0 Å². The Morgan fingerprint density at radius 1 is 1.60 bits per heavy atom. The Hall–Kier alpha value is -0.870. The molecule has 0 amide bonds. The summed E-state index contributed by atoms with van der Waals surface area (Å²) in [6.45, 7) is 1.89. The van der Waals surface area contributed by atoms with Crippen molar-refractivity contribution in [3.05, 3.63) is 18.2 Å². The number of hydrogen-bond donors (Lipinski definition) is 2. The zero-order valence-electron chi connectivity index (χ0n) is 9.53. The summed E-state index contributed by atoms with van der Waals surface area (Å²) in [5.41, 5.74) is 0. The first-order valence-corrected chi connectivity index (χ1v) is 5.63. The van der Waals surface area contributed by atoms with Crippen LogP contribution in [0.15, 0.2) is 12.4 Å². The van der Waals surface area contributed by atoms with Crippen LogP contribution in [0.5, 0.6) is 0 Å². The highest BCUT2D eigenvalue weighted by Crippen LogP contribution is 2.34. The Bertz CT molecular complexity index is 275. The van der Waals surface area contributed by atoms with Gasteiger partial charge in [0.1, 0.15) is 5.82 Å². The van der Waals surface area contributed by atoms with E-state index in [0.29, 0.717) is 6.04 Å². The average Bonchev–Trinajstić information content (AvgIpc) is 2.89. The Kier molecular flexibility index (Phi) is 3.38. The topological polar surface area (TPSA) is 44.0 Å². The van der Waals surface area contributed by atoms with Gasteiger partial charge in [-0.2, -0.15) is 0 Å². The van der Waals surface area contributed by atoms with Crippen LogP contribution in [0, 0.1) is 5.92 Å². The lowest BCUT2D eigenvalue weighted by molar-refractivity contribution is 0.255. The molecule has 0 aliphatic heterocycles. The van der Waals surface area contributed by atoms with Crippen LogP contribution >= 0.6 is 0 Å². The van der Waals surface area contributed by atoms with Crippen LogP contribution in [0.3, 0.4) is 0 Å². The van der Waals surface area contributed by atoms with E-state index in [4.69, 9.17) is 0 Å². The summed E-state index contributed by atoms with van der Waals surface area (Å²) in [7, 11) is 4.33. The molecular weight excluding hydrogens is 188 g/mol. The number of nitrogens with zero attached hydrogens (tertiary/aromatic N) is 2. The quantitative estimate of drug-likeness (QED) is 0.728. The molecule has 0 aromatic carbocycles. The molecule has 0 saturated heterocycles. The third kappa shape index (κ3) is 3.04. The zero-order chi connectivity index (χ0) is 10.7. The molecule has 1 unspecified atom stereocenters. The van der Waals surface area contributed by atoms with Gasteiger partial charge in [-0.05, 0) is 32.9 Å². The van der Waals surface area contributed by atoms with Gasteiger partial charge in [-0.25, -0.2) is 4.98 Å². The number of nitrogens with one attached hydrogen (secondary N) is 2. The van der Waals surface area contributed by atoms with Crippen LogP contribution < -0.4 is 5.32 Å². The Labute approximate surface area is 91.1 Å². The highest BCUT2D eigenvalue weighted by Gasteiger charge is 2.31. The van der Waals surface area contributed by atoms with Crippen molar-refractivity contribution < 1.29 is 0 Å². The Morgan fingerprint density at radius 3 is 2.93 bits per heavy atom. The second-order valence-corrected chi connectivity index (χ2v) is 4.54. The van der Waals surface area contributed by atoms with Gasteiger partial charge in [-0.1, -0.05) is 0 Å². The molecular formula is C11H20N4. The average molecular weight is 208 g/mol. The maximum atomic E-state index is 4.19. The number of imidazole rings is 1. The van der Waals surface area contributed by atoms with Crippen molar-refractivity contribution in [2.24, 2.45) is 5.92 Å². The minimum atomic E-state index is 0.681. The van der Waals surface area contributed by atoms with Crippen molar-refractivity contribution in [1.29, 1.82) is 0 Å². The van der Waals surface area contributed by atoms with E-state index in [2.05, 4.69) is 34.3 Å².